The van der Waals surface area contributed by atoms with E-state index in [-0.39, 0.29) is 11.7 Å². The normalized spacial score (nSPS) is 10.8. The van der Waals surface area contributed by atoms with E-state index in [9.17, 15) is 4.79 Å². The number of thioether (sulfide) groups is 1. The fourth-order valence-electron chi connectivity index (χ4n) is 2.79. The number of nitrogens with one attached hydrogen (secondary N) is 1. The van der Waals surface area contributed by atoms with Gasteiger partial charge in [0.05, 0.1) is 11.4 Å². The van der Waals surface area contributed by atoms with Crippen LogP contribution in [0.1, 0.15) is 22.3 Å². The second-order valence-corrected chi connectivity index (χ2v) is 7.35. The van der Waals surface area contributed by atoms with Gasteiger partial charge >= 0.3 is 0 Å². The van der Waals surface area contributed by atoms with Gasteiger partial charge in [-0.05, 0) is 65.9 Å². The van der Waals surface area contributed by atoms with Gasteiger partial charge in [-0.25, -0.2) is 0 Å². The van der Waals surface area contributed by atoms with Gasteiger partial charge in [0.15, 0.2) is 0 Å². The summed E-state index contributed by atoms with van der Waals surface area (Å²) in [5, 5.41) is 15.5. The van der Waals surface area contributed by atoms with Gasteiger partial charge in [0, 0.05) is 6.54 Å². The maximum absolute atomic E-state index is 12.2. The van der Waals surface area contributed by atoms with Crippen molar-refractivity contribution in [3.8, 4) is 5.69 Å². The lowest BCUT2D eigenvalue weighted by Gasteiger charge is -2.10. The molecule has 0 fully saturated rings. The van der Waals surface area contributed by atoms with Crippen LogP contribution in [0.4, 0.5) is 0 Å². The lowest BCUT2D eigenvalue weighted by molar-refractivity contribution is -0.118. The number of carbonyl (C=O) groups is 1. The molecule has 7 heteroatoms. The summed E-state index contributed by atoms with van der Waals surface area (Å²) in [5.41, 5.74) is 5.72. The van der Waals surface area contributed by atoms with Gasteiger partial charge < -0.3 is 5.32 Å². The highest BCUT2D eigenvalue weighted by Crippen LogP contribution is 2.22. The highest BCUT2D eigenvalue weighted by atomic mass is 32.2. The number of tetrazole rings is 1. The van der Waals surface area contributed by atoms with Crippen LogP contribution in [-0.2, 0) is 11.2 Å². The molecule has 6 nitrogen and oxygen atoms in total. The Morgan fingerprint density at radius 1 is 1.07 bits per heavy atom. The number of hydrogen-bond acceptors (Lipinski definition) is 5. The molecule has 1 heterocycles. The van der Waals surface area contributed by atoms with Gasteiger partial charge in [-0.15, -0.1) is 5.10 Å². The zero-order valence-electron chi connectivity index (χ0n) is 15.8. The average molecular weight is 382 g/mol. The molecular weight excluding hydrogens is 358 g/mol. The first-order valence-electron chi connectivity index (χ1n) is 8.85. The van der Waals surface area contributed by atoms with Crippen molar-refractivity contribution >= 4 is 17.7 Å². The number of benzene rings is 2. The molecule has 2 aromatic carbocycles. The van der Waals surface area contributed by atoms with Gasteiger partial charge in [0.1, 0.15) is 0 Å². The van der Waals surface area contributed by atoms with Gasteiger partial charge in [0.2, 0.25) is 11.1 Å². The maximum Gasteiger partial charge on any atom is 0.230 e. The summed E-state index contributed by atoms with van der Waals surface area (Å²) in [6.07, 6.45) is 0.823. The van der Waals surface area contributed by atoms with Crippen molar-refractivity contribution in [1.82, 2.24) is 25.5 Å². The monoisotopic (exact) mass is 381 g/mol. The Kier molecular flexibility index (Phi) is 6.24. The number of aromatic nitrogens is 4. The Balaban J connectivity index is 1.55. The van der Waals surface area contributed by atoms with E-state index >= 15 is 0 Å². The highest BCUT2D eigenvalue weighted by molar-refractivity contribution is 7.99. The van der Waals surface area contributed by atoms with E-state index in [1.165, 1.54) is 28.5 Å². The third-order valence-electron chi connectivity index (χ3n) is 4.56. The first-order chi connectivity index (χ1) is 13.1. The zero-order valence-corrected chi connectivity index (χ0v) is 16.6. The minimum atomic E-state index is -0.0240. The Hall–Kier alpha value is -2.67. The molecule has 0 saturated carbocycles. The fourth-order valence-corrected chi connectivity index (χ4v) is 3.51. The minimum Gasteiger partial charge on any atom is -0.355 e. The molecule has 27 heavy (non-hydrogen) atoms. The molecule has 1 aromatic heterocycles. The predicted octanol–water partition coefficient (Wildman–Crippen LogP) is 3.04. The molecule has 3 rings (SSSR count). The Morgan fingerprint density at radius 3 is 2.67 bits per heavy atom. The second kappa shape index (κ2) is 8.81. The minimum absolute atomic E-state index is 0.0240. The van der Waals surface area contributed by atoms with Crippen LogP contribution in [0.3, 0.4) is 0 Å². The molecule has 3 aromatic rings. The van der Waals surface area contributed by atoms with Crippen LogP contribution >= 0.6 is 11.8 Å². The predicted molar refractivity (Wildman–Crippen MR) is 107 cm³/mol. The molecule has 0 radical (unpaired) electrons. The van der Waals surface area contributed by atoms with E-state index in [4.69, 9.17) is 0 Å². The summed E-state index contributed by atoms with van der Waals surface area (Å²) in [5.74, 6) is 0.253. The van der Waals surface area contributed by atoms with Gasteiger partial charge in [-0.2, -0.15) is 4.68 Å². The van der Waals surface area contributed by atoms with E-state index < -0.39 is 0 Å². The molecular formula is C20H23N5OS. The van der Waals surface area contributed by atoms with Gasteiger partial charge in [-0.3, -0.25) is 4.79 Å². The average Bonchev–Trinajstić information content (AvgIpc) is 3.12. The van der Waals surface area contributed by atoms with Crippen LogP contribution in [0.5, 0.6) is 0 Å². The van der Waals surface area contributed by atoms with Gasteiger partial charge in [-0.1, -0.05) is 48.2 Å². The van der Waals surface area contributed by atoms with Gasteiger partial charge in [0.25, 0.3) is 0 Å². The SMILES string of the molecule is Cc1ccccc1CCNC(=O)CSc1nnnn1-c1cccc(C)c1C. The summed E-state index contributed by atoms with van der Waals surface area (Å²) >= 11 is 1.34. The third-order valence-corrected chi connectivity index (χ3v) is 5.47. The Labute approximate surface area is 163 Å². The van der Waals surface area contributed by atoms with Crippen LogP contribution in [0.25, 0.3) is 5.69 Å². The number of amides is 1. The smallest absolute Gasteiger partial charge is 0.230 e. The molecule has 0 saturated heterocycles. The summed E-state index contributed by atoms with van der Waals surface area (Å²) in [7, 11) is 0. The molecule has 0 aliphatic heterocycles. The van der Waals surface area contributed by atoms with Crippen LogP contribution in [0.2, 0.25) is 0 Å². The summed E-state index contributed by atoms with van der Waals surface area (Å²) in [6.45, 7) is 6.79. The van der Waals surface area contributed by atoms with Crippen LogP contribution in [0.15, 0.2) is 47.6 Å². The lowest BCUT2D eigenvalue weighted by atomic mass is 10.1. The maximum atomic E-state index is 12.2. The molecule has 0 spiro atoms. The second-order valence-electron chi connectivity index (χ2n) is 6.41. The van der Waals surface area contributed by atoms with Crippen LogP contribution in [-0.4, -0.2) is 38.4 Å². The molecule has 0 aliphatic rings. The van der Waals surface area contributed by atoms with E-state index in [0.29, 0.717) is 11.7 Å². The highest BCUT2D eigenvalue weighted by Gasteiger charge is 2.13. The van der Waals surface area contributed by atoms with Crippen LogP contribution < -0.4 is 5.32 Å². The third kappa shape index (κ3) is 4.74. The van der Waals surface area contributed by atoms with Crippen molar-refractivity contribution < 1.29 is 4.79 Å². The van der Waals surface area contributed by atoms with E-state index in [2.05, 4.69) is 52.9 Å². The molecule has 140 valence electrons. The van der Waals surface area contributed by atoms with Crippen molar-refractivity contribution in [1.29, 1.82) is 0 Å². The summed E-state index contributed by atoms with van der Waals surface area (Å²) in [4.78, 5) is 12.2. The number of carbonyl (C=O) groups excluding carboxylic acids is 1. The molecule has 0 unspecified atom stereocenters. The first-order valence-corrected chi connectivity index (χ1v) is 9.84. The van der Waals surface area contributed by atoms with E-state index in [1.807, 2.05) is 31.2 Å². The molecule has 0 aliphatic carbocycles. The topological polar surface area (TPSA) is 72.7 Å². The van der Waals surface area contributed by atoms with Crippen molar-refractivity contribution in [3.05, 3.63) is 64.7 Å². The van der Waals surface area contributed by atoms with Crippen molar-refractivity contribution in [2.24, 2.45) is 0 Å². The van der Waals surface area contributed by atoms with Crippen molar-refractivity contribution in [2.75, 3.05) is 12.3 Å². The Morgan fingerprint density at radius 2 is 1.85 bits per heavy atom. The number of rotatable bonds is 7. The zero-order chi connectivity index (χ0) is 19.2. The standard InChI is InChI=1S/C20H23N5OS/c1-14-8-6-10-18(16(14)3)25-20(22-23-24-25)27-13-19(26)21-12-11-17-9-5-4-7-15(17)2/h4-10H,11-13H2,1-3H3,(H,21,26). The largest absolute Gasteiger partial charge is 0.355 e. The fraction of sp³-hybridized carbons (Fsp3) is 0.300. The van der Waals surface area contributed by atoms with E-state index in [1.54, 1.807) is 4.68 Å². The molecule has 1 amide bonds. The molecule has 0 atom stereocenters. The van der Waals surface area contributed by atoms with Crippen LogP contribution in [0, 0.1) is 20.8 Å². The lowest BCUT2D eigenvalue weighted by Crippen LogP contribution is -2.27. The number of hydrogen-bond donors (Lipinski definition) is 1. The number of aryl methyl sites for hydroxylation is 2. The first kappa shape index (κ1) is 19.1. The summed E-state index contributed by atoms with van der Waals surface area (Å²) in [6, 6.07) is 14.2. The molecule has 1 N–H and O–H groups in total. The summed E-state index contributed by atoms with van der Waals surface area (Å²) < 4.78 is 1.69. The quantitative estimate of drug-likeness (QED) is 0.637. The van der Waals surface area contributed by atoms with Crippen molar-refractivity contribution in [2.45, 2.75) is 32.3 Å². The number of nitrogens with zero attached hydrogens (tertiary/aromatic N) is 4. The van der Waals surface area contributed by atoms with E-state index in [0.717, 1.165) is 17.7 Å². The molecule has 0 bridgehead atoms. The van der Waals surface area contributed by atoms with Crippen molar-refractivity contribution in [3.63, 3.8) is 0 Å². The Bertz CT molecular complexity index is 938.